The van der Waals surface area contributed by atoms with Gasteiger partial charge in [-0.05, 0) is 54.3 Å². The number of aliphatic hydroxyl groups excluding tert-OH is 1. The van der Waals surface area contributed by atoms with Gasteiger partial charge in [0, 0.05) is 29.6 Å². The summed E-state index contributed by atoms with van der Waals surface area (Å²) >= 11 is 1.30. The summed E-state index contributed by atoms with van der Waals surface area (Å²) in [5.41, 5.74) is 3.91. The van der Waals surface area contributed by atoms with Gasteiger partial charge in [-0.1, -0.05) is 66.7 Å². The first-order chi connectivity index (χ1) is 22.3. The zero-order valence-corrected chi connectivity index (χ0v) is 26.0. The number of rotatable bonds is 12. The second-order valence-electron chi connectivity index (χ2n) is 10.9. The van der Waals surface area contributed by atoms with Crippen molar-refractivity contribution >= 4 is 35.2 Å². The Kier molecular flexibility index (Phi) is 11.2. The lowest BCUT2D eigenvalue weighted by molar-refractivity contribution is -0.245. The predicted octanol–water partition coefficient (Wildman–Crippen LogP) is 5.93. The number of nitrogens with one attached hydrogen (secondary N) is 2. The molecule has 0 aliphatic carbocycles. The average molecular weight is 642 g/mol. The second kappa shape index (κ2) is 15.6. The van der Waals surface area contributed by atoms with Gasteiger partial charge in [0.15, 0.2) is 12.1 Å². The Morgan fingerprint density at radius 2 is 1.72 bits per heavy atom. The van der Waals surface area contributed by atoms with Crippen LogP contribution >= 0.6 is 11.8 Å². The van der Waals surface area contributed by atoms with Crippen molar-refractivity contribution in [1.29, 1.82) is 0 Å². The van der Waals surface area contributed by atoms with E-state index >= 15 is 0 Å². The fourth-order valence-corrected chi connectivity index (χ4v) is 6.10. The van der Waals surface area contributed by atoms with Crippen LogP contribution in [0.4, 0.5) is 10.5 Å². The molecular weight excluding hydrogens is 606 g/mol. The number of carbonyl (C=O) groups is 3. The number of anilines is 1. The molecule has 1 aromatic heterocycles. The number of aliphatic hydroxyl groups is 1. The van der Waals surface area contributed by atoms with Crippen molar-refractivity contribution in [2.75, 3.05) is 11.1 Å². The van der Waals surface area contributed by atoms with Gasteiger partial charge in [-0.25, -0.2) is 14.6 Å². The predicted molar refractivity (Wildman–Crippen MR) is 174 cm³/mol. The third-order valence-corrected chi connectivity index (χ3v) is 8.66. The number of urea groups is 1. The molecule has 11 heteroatoms. The van der Waals surface area contributed by atoms with Crippen molar-refractivity contribution in [1.82, 2.24) is 10.3 Å². The van der Waals surface area contributed by atoms with Crippen LogP contribution in [0.1, 0.15) is 58.4 Å². The SMILES string of the molecule is CC(=O)[C@@H](Cc1ccccc1)NC(=O)Nc1cccc(C2O[C@H](CSc3ncccc3C(=O)O)C[C@H](c3ccc(CO)cc3)O2)c1. The molecule has 3 aromatic carbocycles. The first-order valence-electron chi connectivity index (χ1n) is 14.8. The monoisotopic (exact) mass is 641 g/mol. The number of amides is 2. The van der Waals surface area contributed by atoms with Crippen LogP contribution < -0.4 is 10.6 Å². The molecule has 10 nitrogen and oxygen atoms in total. The highest BCUT2D eigenvalue weighted by Crippen LogP contribution is 2.40. The van der Waals surface area contributed by atoms with E-state index in [0.717, 1.165) is 16.7 Å². The highest BCUT2D eigenvalue weighted by molar-refractivity contribution is 7.99. The van der Waals surface area contributed by atoms with Crippen LogP contribution in [0.3, 0.4) is 0 Å². The number of thioether (sulfide) groups is 1. The number of carboxylic acids is 1. The number of benzene rings is 3. The lowest BCUT2D eigenvalue weighted by Gasteiger charge is -2.36. The van der Waals surface area contributed by atoms with Crippen molar-refractivity contribution in [3.8, 4) is 0 Å². The molecule has 0 bridgehead atoms. The van der Waals surface area contributed by atoms with Crippen molar-refractivity contribution in [2.45, 2.75) is 55.9 Å². The summed E-state index contributed by atoms with van der Waals surface area (Å²) in [6, 6.07) is 26.0. The van der Waals surface area contributed by atoms with Crippen LogP contribution in [0.2, 0.25) is 0 Å². The first kappa shape index (κ1) is 32.8. The lowest BCUT2D eigenvalue weighted by Crippen LogP contribution is -2.43. The minimum Gasteiger partial charge on any atom is -0.478 e. The molecule has 2 heterocycles. The molecule has 0 saturated carbocycles. The fourth-order valence-electron chi connectivity index (χ4n) is 5.10. The Morgan fingerprint density at radius 1 is 0.935 bits per heavy atom. The number of hydrogen-bond donors (Lipinski definition) is 4. The molecule has 2 amide bonds. The number of pyridine rings is 1. The first-order valence-corrected chi connectivity index (χ1v) is 15.8. The molecule has 1 fully saturated rings. The van der Waals surface area contributed by atoms with Gasteiger partial charge >= 0.3 is 12.0 Å². The average Bonchev–Trinajstić information content (AvgIpc) is 3.07. The van der Waals surface area contributed by atoms with E-state index in [1.54, 1.807) is 30.5 Å². The number of carboxylic acid groups (broad SMARTS) is 1. The Balaban J connectivity index is 1.31. The van der Waals surface area contributed by atoms with Crippen LogP contribution in [0.15, 0.2) is 102 Å². The Bertz CT molecular complexity index is 1650. The molecule has 0 radical (unpaired) electrons. The molecule has 238 valence electrons. The molecule has 4 N–H and O–H groups in total. The van der Waals surface area contributed by atoms with Gasteiger partial charge < -0.3 is 30.3 Å². The number of hydrogen-bond acceptors (Lipinski definition) is 8. The number of Topliss-reactive ketones (excluding diaryl/α,β-unsaturated/α-hetero) is 1. The standard InChI is InChI=1S/C35H35N3O7S/c1-22(40)30(17-23-7-3-2-4-8-23)38-35(43)37-27-10-5-9-26(18-27)34-44-28(21-46-32-29(33(41)42)11-6-16-36-32)19-31(45-34)25-14-12-24(20-39)13-15-25/h2-16,18,28,30-31,34,39H,17,19-21H2,1H3,(H,41,42)(H2,37,38,43)/t28-,30+,31+,34?/m0/s1. The summed E-state index contributed by atoms with van der Waals surface area (Å²) in [7, 11) is 0. The largest absolute Gasteiger partial charge is 0.478 e. The smallest absolute Gasteiger partial charge is 0.338 e. The van der Waals surface area contributed by atoms with E-state index in [0.29, 0.717) is 34.9 Å². The molecule has 1 aliphatic heterocycles. The zero-order chi connectivity index (χ0) is 32.5. The van der Waals surface area contributed by atoms with Crippen LogP contribution in [-0.4, -0.2) is 50.9 Å². The van der Waals surface area contributed by atoms with E-state index in [1.165, 1.54) is 24.8 Å². The molecule has 5 rings (SSSR count). The summed E-state index contributed by atoms with van der Waals surface area (Å²) in [5, 5.41) is 25.1. The number of aromatic carboxylic acids is 1. The van der Waals surface area contributed by atoms with Crippen LogP contribution in [-0.2, 0) is 27.3 Å². The Hall–Kier alpha value is -4.55. The van der Waals surface area contributed by atoms with E-state index in [1.807, 2.05) is 60.7 Å². The summed E-state index contributed by atoms with van der Waals surface area (Å²) in [6.07, 6.45) is 0.962. The Morgan fingerprint density at radius 3 is 2.43 bits per heavy atom. The molecule has 1 aliphatic rings. The maximum atomic E-state index is 12.9. The zero-order valence-electron chi connectivity index (χ0n) is 25.2. The van der Waals surface area contributed by atoms with E-state index in [-0.39, 0.29) is 30.2 Å². The molecular formula is C35H35N3O7S. The van der Waals surface area contributed by atoms with Crippen molar-refractivity contribution < 1.29 is 34.1 Å². The number of aromatic nitrogens is 1. The molecule has 46 heavy (non-hydrogen) atoms. The van der Waals surface area contributed by atoms with Gasteiger partial charge in [0.25, 0.3) is 0 Å². The molecule has 1 saturated heterocycles. The van der Waals surface area contributed by atoms with E-state index < -0.39 is 24.3 Å². The van der Waals surface area contributed by atoms with Crippen LogP contribution in [0.25, 0.3) is 0 Å². The molecule has 0 spiro atoms. The highest BCUT2D eigenvalue weighted by atomic mass is 32.2. The van der Waals surface area contributed by atoms with Crippen molar-refractivity contribution in [3.63, 3.8) is 0 Å². The highest BCUT2D eigenvalue weighted by Gasteiger charge is 2.33. The van der Waals surface area contributed by atoms with Gasteiger partial charge in [-0.3, -0.25) is 4.79 Å². The van der Waals surface area contributed by atoms with E-state index in [2.05, 4.69) is 15.6 Å². The topological polar surface area (TPSA) is 147 Å². The minimum absolute atomic E-state index is 0.0699. The lowest BCUT2D eigenvalue weighted by atomic mass is 10.0. The quantitative estimate of drug-likeness (QED) is 0.138. The van der Waals surface area contributed by atoms with Crippen molar-refractivity contribution in [3.05, 3.63) is 125 Å². The summed E-state index contributed by atoms with van der Waals surface area (Å²) in [4.78, 5) is 41.2. The maximum absolute atomic E-state index is 12.9. The molecule has 4 atom stereocenters. The number of ketones is 1. The molecule has 4 aromatic rings. The minimum atomic E-state index is -1.05. The van der Waals surface area contributed by atoms with E-state index in [9.17, 15) is 24.6 Å². The summed E-state index contributed by atoms with van der Waals surface area (Å²) in [6.45, 7) is 1.38. The van der Waals surface area contributed by atoms with Gasteiger partial charge in [0.2, 0.25) is 0 Å². The van der Waals surface area contributed by atoms with E-state index in [4.69, 9.17) is 9.47 Å². The third kappa shape index (κ3) is 8.79. The maximum Gasteiger partial charge on any atom is 0.338 e. The van der Waals surface area contributed by atoms with Crippen LogP contribution in [0, 0.1) is 0 Å². The Labute approximate surface area is 271 Å². The molecule has 1 unspecified atom stereocenters. The van der Waals surface area contributed by atoms with Gasteiger partial charge in [-0.15, -0.1) is 11.8 Å². The fraction of sp³-hybridized carbons (Fsp3) is 0.257. The number of nitrogens with zero attached hydrogens (tertiary/aromatic N) is 1. The van der Waals surface area contributed by atoms with Gasteiger partial charge in [-0.2, -0.15) is 0 Å². The summed E-state index contributed by atoms with van der Waals surface area (Å²) in [5.74, 6) is -0.775. The third-order valence-electron chi connectivity index (χ3n) is 7.52. The number of ether oxygens (including phenoxy) is 2. The van der Waals surface area contributed by atoms with Crippen LogP contribution in [0.5, 0.6) is 0 Å². The van der Waals surface area contributed by atoms with Gasteiger partial charge in [0.05, 0.1) is 30.4 Å². The summed E-state index contributed by atoms with van der Waals surface area (Å²) < 4.78 is 12.8. The van der Waals surface area contributed by atoms with Gasteiger partial charge in [0.1, 0.15) is 5.03 Å². The normalized spacial score (nSPS) is 18.3. The van der Waals surface area contributed by atoms with Crippen molar-refractivity contribution in [2.24, 2.45) is 0 Å². The number of carbonyl (C=O) groups excluding carboxylic acids is 2. The second-order valence-corrected chi connectivity index (χ2v) is 11.9.